The van der Waals surface area contributed by atoms with Crippen LogP contribution in [0.15, 0.2) is 36.4 Å². The van der Waals surface area contributed by atoms with Gasteiger partial charge in [0.2, 0.25) is 0 Å². The normalized spacial score (nSPS) is 10.9. The van der Waals surface area contributed by atoms with E-state index >= 15 is 0 Å². The van der Waals surface area contributed by atoms with Crippen LogP contribution in [0.25, 0.3) is 10.8 Å². The fraction of sp³-hybridized carbons (Fsp3) is 0.421. The molecule has 0 N–H and O–H groups in total. The van der Waals surface area contributed by atoms with Crippen molar-refractivity contribution in [3.63, 3.8) is 0 Å². The topological polar surface area (TPSA) is 17.1 Å². The zero-order valence-electron chi connectivity index (χ0n) is 12.6. The van der Waals surface area contributed by atoms with Gasteiger partial charge in [0.15, 0.2) is 5.78 Å². The summed E-state index contributed by atoms with van der Waals surface area (Å²) in [4.78, 5) is 11.4. The van der Waals surface area contributed by atoms with Gasteiger partial charge in [0.05, 0.1) is 0 Å². The van der Waals surface area contributed by atoms with Gasteiger partial charge in [-0.1, -0.05) is 62.9 Å². The van der Waals surface area contributed by atoms with Gasteiger partial charge in [-0.3, -0.25) is 4.79 Å². The molecule has 2 rings (SSSR count). The fourth-order valence-electron chi connectivity index (χ4n) is 2.60. The highest BCUT2D eigenvalue weighted by atomic mass is 16.1. The number of fused-ring (bicyclic) bond motifs is 1. The third kappa shape index (κ3) is 3.93. The Hall–Kier alpha value is -1.63. The molecular formula is C19H24O. The molecule has 0 amide bonds. The molecule has 0 aliphatic heterocycles. The number of hydrogen-bond acceptors (Lipinski definition) is 1. The Labute approximate surface area is 122 Å². The number of benzene rings is 2. The minimum atomic E-state index is 0.131. The molecule has 0 unspecified atom stereocenters. The van der Waals surface area contributed by atoms with E-state index in [0.29, 0.717) is 0 Å². The lowest BCUT2D eigenvalue weighted by atomic mass is 10.00. The van der Waals surface area contributed by atoms with Gasteiger partial charge in [-0.25, -0.2) is 0 Å². The first-order chi connectivity index (χ1) is 9.70. The van der Waals surface area contributed by atoms with E-state index in [2.05, 4.69) is 31.2 Å². The largest absolute Gasteiger partial charge is 0.295 e. The maximum Gasteiger partial charge on any atom is 0.159 e. The van der Waals surface area contributed by atoms with Gasteiger partial charge in [-0.15, -0.1) is 0 Å². The average Bonchev–Trinajstić information content (AvgIpc) is 2.46. The summed E-state index contributed by atoms with van der Waals surface area (Å²) in [6.07, 6.45) is 7.77. The second-order valence-electron chi connectivity index (χ2n) is 5.62. The maximum atomic E-state index is 11.4. The van der Waals surface area contributed by atoms with E-state index < -0.39 is 0 Å². The van der Waals surface area contributed by atoms with Gasteiger partial charge in [0.25, 0.3) is 0 Å². The first-order valence-corrected chi connectivity index (χ1v) is 7.74. The van der Waals surface area contributed by atoms with Crippen molar-refractivity contribution in [3.05, 3.63) is 47.5 Å². The van der Waals surface area contributed by atoms with Crippen molar-refractivity contribution in [2.24, 2.45) is 0 Å². The van der Waals surface area contributed by atoms with Crippen LogP contribution < -0.4 is 0 Å². The van der Waals surface area contributed by atoms with E-state index in [1.165, 1.54) is 43.1 Å². The number of ketones is 1. The second kappa shape index (κ2) is 7.23. The molecule has 0 aliphatic carbocycles. The van der Waals surface area contributed by atoms with E-state index in [4.69, 9.17) is 0 Å². The summed E-state index contributed by atoms with van der Waals surface area (Å²) >= 11 is 0. The van der Waals surface area contributed by atoms with Crippen molar-refractivity contribution in [1.82, 2.24) is 0 Å². The van der Waals surface area contributed by atoms with Crippen molar-refractivity contribution < 1.29 is 4.79 Å². The Morgan fingerprint density at radius 1 is 0.900 bits per heavy atom. The molecule has 0 radical (unpaired) electrons. The lowest BCUT2D eigenvalue weighted by molar-refractivity contribution is 0.101. The van der Waals surface area contributed by atoms with E-state index in [1.807, 2.05) is 12.1 Å². The van der Waals surface area contributed by atoms with Crippen LogP contribution in [-0.2, 0) is 6.42 Å². The number of aryl methyl sites for hydroxylation is 1. The Balaban J connectivity index is 2.02. The Bertz CT molecular complexity index is 583. The van der Waals surface area contributed by atoms with Crippen molar-refractivity contribution in [3.8, 4) is 0 Å². The summed E-state index contributed by atoms with van der Waals surface area (Å²) in [6, 6.07) is 12.6. The SMILES string of the molecule is CCCCCCCc1ccc2cc(C(C)=O)ccc2c1. The number of rotatable bonds is 7. The molecule has 0 fully saturated rings. The molecule has 0 aliphatic rings. The average molecular weight is 268 g/mol. The monoisotopic (exact) mass is 268 g/mol. The van der Waals surface area contributed by atoms with Crippen LogP contribution in [0.2, 0.25) is 0 Å². The molecular weight excluding hydrogens is 244 g/mol. The summed E-state index contributed by atoms with van der Waals surface area (Å²) in [5.74, 6) is 0.131. The van der Waals surface area contributed by atoms with Gasteiger partial charge >= 0.3 is 0 Å². The zero-order valence-corrected chi connectivity index (χ0v) is 12.6. The predicted octanol–water partition coefficient (Wildman–Crippen LogP) is 5.56. The number of unbranched alkanes of at least 4 members (excludes halogenated alkanes) is 4. The van der Waals surface area contributed by atoms with Crippen LogP contribution in [0, 0.1) is 0 Å². The van der Waals surface area contributed by atoms with Gasteiger partial charge in [0, 0.05) is 5.56 Å². The Morgan fingerprint density at radius 3 is 2.35 bits per heavy atom. The molecule has 0 saturated carbocycles. The standard InChI is InChI=1S/C19H24O/c1-3-4-5-6-7-8-16-9-10-19-14-17(15(2)20)11-12-18(19)13-16/h9-14H,3-8H2,1-2H3. The van der Waals surface area contributed by atoms with Crippen molar-refractivity contribution >= 4 is 16.6 Å². The van der Waals surface area contributed by atoms with Gasteiger partial charge in [-0.2, -0.15) is 0 Å². The van der Waals surface area contributed by atoms with Crippen LogP contribution in [0.1, 0.15) is 61.9 Å². The smallest absolute Gasteiger partial charge is 0.159 e. The van der Waals surface area contributed by atoms with Crippen molar-refractivity contribution in [2.45, 2.75) is 52.4 Å². The van der Waals surface area contributed by atoms with Crippen LogP contribution in [0.4, 0.5) is 0 Å². The van der Waals surface area contributed by atoms with Crippen LogP contribution in [0.5, 0.6) is 0 Å². The van der Waals surface area contributed by atoms with Crippen molar-refractivity contribution in [2.75, 3.05) is 0 Å². The number of Topliss-reactive ketones (excluding diaryl/α,β-unsaturated/α-hetero) is 1. The molecule has 20 heavy (non-hydrogen) atoms. The van der Waals surface area contributed by atoms with Gasteiger partial charge < -0.3 is 0 Å². The highest BCUT2D eigenvalue weighted by molar-refractivity contribution is 5.98. The number of hydrogen-bond donors (Lipinski definition) is 0. The fourth-order valence-corrected chi connectivity index (χ4v) is 2.60. The van der Waals surface area contributed by atoms with E-state index in [9.17, 15) is 4.79 Å². The first kappa shape index (κ1) is 14.8. The summed E-state index contributed by atoms with van der Waals surface area (Å²) < 4.78 is 0. The molecule has 106 valence electrons. The van der Waals surface area contributed by atoms with Gasteiger partial charge in [-0.05, 0) is 42.2 Å². The van der Waals surface area contributed by atoms with Crippen LogP contribution in [-0.4, -0.2) is 5.78 Å². The summed E-state index contributed by atoms with van der Waals surface area (Å²) in [7, 11) is 0. The Morgan fingerprint density at radius 2 is 1.60 bits per heavy atom. The minimum Gasteiger partial charge on any atom is -0.295 e. The van der Waals surface area contributed by atoms with E-state index in [1.54, 1.807) is 6.92 Å². The highest BCUT2D eigenvalue weighted by Gasteiger charge is 2.02. The predicted molar refractivity (Wildman–Crippen MR) is 86.4 cm³/mol. The summed E-state index contributed by atoms with van der Waals surface area (Å²) in [5, 5.41) is 2.40. The number of carbonyl (C=O) groups excluding carboxylic acids is 1. The molecule has 1 nitrogen and oxygen atoms in total. The van der Waals surface area contributed by atoms with Gasteiger partial charge in [0.1, 0.15) is 0 Å². The number of carbonyl (C=O) groups is 1. The van der Waals surface area contributed by atoms with Crippen LogP contribution >= 0.6 is 0 Å². The molecule has 1 heteroatoms. The first-order valence-electron chi connectivity index (χ1n) is 7.74. The van der Waals surface area contributed by atoms with Crippen molar-refractivity contribution in [1.29, 1.82) is 0 Å². The quantitative estimate of drug-likeness (QED) is 0.475. The van der Waals surface area contributed by atoms with E-state index in [0.717, 1.165) is 17.4 Å². The third-order valence-corrected chi connectivity index (χ3v) is 3.88. The molecule has 0 spiro atoms. The molecule has 0 saturated heterocycles. The minimum absolute atomic E-state index is 0.131. The lowest BCUT2D eigenvalue weighted by Gasteiger charge is -2.05. The molecule has 0 atom stereocenters. The molecule has 0 aromatic heterocycles. The Kier molecular flexibility index (Phi) is 5.34. The second-order valence-corrected chi connectivity index (χ2v) is 5.62. The molecule has 2 aromatic rings. The lowest BCUT2D eigenvalue weighted by Crippen LogP contribution is -1.92. The maximum absolute atomic E-state index is 11.4. The molecule has 0 bridgehead atoms. The third-order valence-electron chi connectivity index (χ3n) is 3.88. The highest BCUT2D eigenvalue weighted by Crippen LogP contribution is 2.19. The molecule has 0 heterocycles. The van der Waals surface area contributed by atoms with Crippen LogP contribution in [0.3, 0.4) is 0 Å². The van der Waals surface area contributed by atoms with E-state index in [-0.39, 0.29) is 5.78 Å². The summed E-state index contributed by atoms with van der Waals surface area (Å²) in [6.45, 7) is 3.87. The summed E-state index contributed by atoms with van der Waals surface area (Å²) in [5.41, 5.74) is 2.20. The molecule has 2 aromatic carbocycles. The zero-order chi connectivity index (χ0) is 14.4.